The fourth-order valence-corrected chi connectivity index (χ4v) is 3.56. The first kappa shape index (κ1) is 15.5. The molecule has 0 radical (unpaired) electrons. The molecule has 0 aliphatic heterocycles. The van der Waals surface area contributed by atoms with Gasteiger partial charge in [0.05, 0.1) is 0 Å². The third-order valence-corrected chi connectivity index (χ3v) is 5.31. The van der Waals surface area contributed by atoms with E-state index in [9.17, 15) is 8.42 Å². The number of aliphatic hydroxyl groups is 1. The van der Waals surface area contributed by atoms with Crippen molar-refractivity contribution in [2.24, 2.45) is 5.41 Å². The maximum atomic E-state index is 12.2. The second-order valence-electron chi connectivity index (χ2n) is 5.36. The van der Waals surface area contributed by atoms with E-state index in [4.69, 9.17) is 14.3 Å². The Balaban J connectivity index is 2.02. The summed E-state index contributed by atoms with van der Waals surface area (Å²) in [6.45, 7) is 2.32. The molecule has 1 fully saturated rings. The summed E-state index contributed by atoms with van der Waals surface area (Å²) in [7, 11) is -1.95. The molecule has 2 N–H and O–H groups in total. The minimum absolute atomic E-state index is 0.0422. The SMILES string of the molecule is COCCC1(CNS(=O)(=O)c2cc(CO)oc2C)CC1. The molecule has 0 saturated heterocycles. The highest BCUT2D eigenvalue weighted by atomic mass is 32.2. The maximum absolute atomic E-state index is 12.2. The Morgan fingerprint density at radius 2 is 2.20 bits per heavy atom. The van der Waals surface area contributed by atoms with Crippen molar-refractivity contribution >= 4 is 10.0 Å². The molecule has 0 unspecified atom stereocenters. The quantitative estimate of drug-likeness (QED) is 0.752. The number of aryl methyl sites for hydroxylation is 1. The molecule has 1 aliphatic rings. The Labute approximate surface area is 119 Å². The summed E-state index contributed by atoms with van der Waals surface area (Å²) in [6.07, 6.45) is 2.90. The number of nitrogens with one attached hydrogen (secondary N) is 1. The Kier molecular flexibility index (Phi) is 4.53. The van der Waals surface area contributed by atoms with Crippen molar-refractivity contribution in [3.8, 4) is 0 Å². The van der Waals surface area contributed by atoms with Gasteiger partial charge in [0, 0.05) is 26.3 Å². The molecule has 0 bridgehead atoms. The van der Waals surface area contributed by atoms with Gasteiger partial charge in [0.2, 0.25) is 10.0 Å². The molecule has 0 atom stereocenters. The van der Waals surface area contributed by atoms with Crippen LogP contribution in [0.2, 0.25) is 0 Å². The molecule has 1 aromatic heterocycles. The van der Waals surface area contributed by atoms with Gasteiger partial charge in [-0.1, -0.05) is 0 Å². The summed E-state index contributed by atoms with van der Waals surface area (Å²) in [5.74, 6) is 0.548. The highest BCUT2D eigenvalue weighted by molar-refractivity contribution is 7.89. The lowest BCUT2D eigenvalue weighted by molar-refractivity contribution is 0.173. The Morgan fingerprint density at radius 3 is 2.70 bits per heavy atom. The van der Waals surface area contributed by atoms with E-state index in [1.54, 1.807) is 14.0 Å². The van der Waals surface area contributed by atoms with E-state index in [1.165, 1.54) is 6.07 Å². The maximum Gasteiger partial charge on any atom is 0.244 e. The summed E-state index contributed by atoms with van der Waals surface area (Å²) in [5, 5.41) is 8.98. The number of aliphatic hydroxyl groups excluding tert-OH is 1. The predicted octanol–water partition coefficient (Wildman–Crippen LogP) is 1.18. The van der Waals surface area contributed by atoms with E-state index in [0.29, 0.717) is 18.9 Å². The number of hydrogen-bond acceptors (Lipinski definition) is 5. The van der Waals surface area contributed by atoms with Gasteiger partial charge in [-0.15, -0.1) is 0 Å². The summed E-state index contributed by atoms with van der Waals surface area (Å²) in [4.78, 5) is 0.101. The van der Waals surface area contributed by atoms with Gasteiger partial charge < -0.3 is 14.3 Å². The van der Waals surface area contributed by atoms with Crippen LogP contribution in [0.4, 0.5) is 0 Å². The molecule has 1 saturated carbocycles. The number of furan rings is 1. The topological polar surface area (TPSA) is 88.8 Å². The monoisotopic (exact) mass is 303 g/mol. The zero-order valence-electron chi connectivity index (χ0n) is 11.8. The van der Waals surface area contributed by atoms with Gasteiger partial charge in [0.15, 0.2) is 0 Å². The molecule has 20 heavy (non-hydrogen) atoms. The van der Waals surface area contributed by atoms with Crippen molar-refractivity contribution in [1.82, 2.24) is 4.72 Å². The molecule has 0 aromatic carbocycles. The molecule has 0 spiro atoms. The second kappa shape index (κ2) is 5.85. The van der Waals surface area contributed by atoms with Gasteiger partial charge in [0.25, 0.3) is 0 Å². The normalized spacial score (nSPS) is 17.4. The Hall–Kier alpha value is -0.890. The van der Waals surface area contributed by atoms with Gasteiger partial charge in [-0.3, -0.25) is 0 Å². The van der Waals surface area contributed by atoms with Crippen molar-refractivity contribution in [2.75, 3.05) is 20.3 Å². The first-order valence-electron chi connectivity index (χ1n) is 6.61. The van der Waals surface area contributed by atoms with Crippen LogP contribution in [-0.4, -0.2) is 33.8 Å². The molecule has 2 rings (SSSR count). The van der Waals surface area contributed by atoms with Crippen LogP contribution >= 0.6 is 0 Å². The van der Waals surface area contributed by atoms with E-state index >= 15 is 0 Å². The van der Waals surface area contributed by atoms with Crippen LogP contribution in [0.25, 0.3) is 0 Å². The highest BCUT2D eigenvalue weighted by Crippen LogP contribution is 2.48. The number of rotatable bonds is 8. The first-order valence-corrected chi connectivity index (χ1v) is 8.09. The van der Waals surface area contributed by atoms with Crippen molar-refractivity contribution < 1.29 is 22.7 Å². The number of hydrogen-bond donors (Lipinski definition) is 2. The van der Waals surface area contributed by atoms with Crippen LogP contribution in [0, 0.1) is 12.3 Å². The molecule has 1 aliphatic carbocycles. The van der Waals surface area contributed by atoms with Gasteiger partial charge >= 0.3 is 0 Å². The van der Waals surface area contributed by atoms with Crippen molar-refractivity contribution in [3.05, 3.63) is 17.6 Å². The smallest absolute Gasteiger partial charge is 0.244 e. The van der Waals surface area contributed by atoms with Crippen LogP contribution in [0.15, 0.2) is 15.4 Å². The van der Waals surface area contributed by atoms with E-state index < -0.39 is 10.0 Å². The van der Waals surface area contributed by atoms with Crippen molar-refractivity contribution in [2.45, 2.75) is 37.7 Å². The van der Waals surface area contributed by atoms with E-state index in [0.717, 1.165) is 19.3 Å². The molecular formula is C13H21NO5S. The molecule has 0 amide bonds. The van der Waals surface area contributed by atoms with Crippen LogP contribution < -0.4 is 4.72 Å². The zero-order chi connectivity index (χ0) is 14.8. The zero-order valence-corrected chi connectivity index (χ0v) is 12.6. The van der Waals surface area contributed by atoms with Crippen LogP contribution in [0.5, 0.6) is 0 Å². The number of sulfonamides is 1. The highest BCUT2D eigenvalue weighted by Gasteiger charge is 2.42. The van der Waals surface area contributed by atoms with Crippen LogP contribution in [0.1, 0.15) is 30.8 Å². The largest absolute Gasteiger partial charge is 0.462 e. The second-order valence-corrected chi connectivity index (χ2v) is 7.09. The average Bonchev–Trinajstić information content (AvgIpc) is 3.09. The van der Waals surface area contributed by atoms with Gasteiger partial charge in [-0.2, -0.15) is 0 Å². The lowest BCUT2D eigenvalue weighted by Crippen LogP contribution is -2.31. The lowest BCUT2D eigenvalue weighted by Gasteiger charge is -2.15. The van der Waals surface area contributed by atoms with Gasteiger partial charge in [-0.25, -0.2) is 13.1 Å². The molecular weight excluding hydrogens is 282 g/mol. The third kappa shape index (κ3) is 3.41. The molecule has 1 heterocycles. The summed E-state index contributed by atoms with van der Waals surface area (Å²) in [5.41, 5.74) is 0.0422. The Morgan fingerprint density at radius 1 is 1.50 bits per heavy atom. The standard InChI is InChI=1S/C13H21NO5S/c1-10-12(7-11(8-15)19-10)20(16,17)14-9-13(3-4-13)5-6-18-2/h7,14-15H,3-6,8-9H2,1-2H3. The van der Waals surface area contributed by atoms with Crippen molar-refractivity contribution in [1.29, 1.82) is 0 Å². The average molecular weight is 303 g/mol. The summed E-state index contributed by atoms with van der Waals surface area (Å²) < 4.78 is 37.4. The minimum atomic E-state index is -3.59. The van der Waals surface area contributed by atoms with Crippen LogP contribution in [-0.2, 0) is 21.4 Å². The van der Waals surface area contributed by atoms with Gasteiger partial charge in [-0.05, 0) is 31.6 Å². The molecule has 1 aromatic rings. The third-order valence-electron chi connectivity index (χ3n) is 3.80. The number of ether oxygens (including phenoxy) is 1. The van der Waals surface area contributed by atoms with Gasteiger partial charge in [0.1, 0.15) is 23.0 Å². The molecule has 7 heteroatoms. The fraction of sp³-hybridized carbons (Fsp3) is 0.692. The molecule has 114 valence electrons. The van der Waals surface area contributed by atoms with Crippen molar-refractivity contribution in [3.63, 3.8) is 0 Å². The minimum Gasteiger partial charge on any atom is -0.462 e. The van der Waals surface area contributed by atoms with E-state index in [1.807, 2.05) is 0 Å². The number of methoxy groups -OCH3 is 1. The molecule has 6 nitrogen and oxygen atoms in total. The fourth-order valence-electron chi connectivity index (χ4n) is 2.21. The Bertz CT molecular complexity index is 559. The summed E-state index contributed by atoms with van der Waals surface area (Å²) >= 11 is 0. The van der Waals surface area contributed by atoms with E-state index in [-0.39, 0.29) is 22.7 Å². The predicted molar refractivity (Wildman–Crippen MR) is 72.7 cm³/mol. The van der Waals surface area contributed by atoms with E-state index in [2.05, 4.69) is 4.72 Å². The first-order chi connectivity index (χ1) is 9.42. The van der Waals surface area contributed by atoms with Crippen LogP contribution in [0.3, 0.4) is 0 Å². The summed E-state index contributed by atoms with van der Waals surface area (Å²) in [6, 6.07) is 1.37. The lowest BCUT2D eigenvalue weighted by atomic mass is 10.0.